The highest BCUT2D eigenvalue weighted by atomic mass is 32.1. The van der Waals surface area contributed by atoms with Crippen molar-refractivity contribution in [2.24, 2.45) is 0 Å². The molecule has 2 aromatic rings. The lowest BCUT2D eigenvalue weighted by Crippen LogP contribution is -2.13. The summed E-state index contributed by atoms with van der Waals surface area (Å²) in [7, 11) is 0. The Morgan fingerprint density at radius 3 is 2.81 bits per heavy atom. The third kappa shape index (κ3) is 2.54. The fraction of sp³-hybridized carbons (Fsp3) is 0.556. The summed E-state index contributed by atoms with van der Waals surface area (Å²) in [5, 5.41) is 7.57. The molecule has 0 aliphatic heterocycles. The smallest absolute Gasteiger partial charge is 0.213 e. The first-order valence-electron chi connectivity index (χ1n) is 4.89. The summed E-state index contributed by atoms with van der Waals surface area (Å²) >= 11 is 1.34. The molecule has 0 fully saturated rings. The molecule has 2 aromatic heterocycles. The van der Waals surface area contributed by atoms with Crippen molar-refractivity contribution in [3.05, 3.63) is 18.0 Å². The molecule has 2 heterocycles. The van der Waals surface area contributed by atoms with Gasteiger partial charge in [-0.25, -0.2) is 4.98 Å². The van der Waals surface area contributed by atoms with Crippen LogP contribution < -0.4 is 5.32 Å². The summed E-state index contributed by atoms with van der Waals surface area (Å²) in [6.07, 6.45) is 1.30. The number of nitrogens with zero attached hydrogens (tertiary/aromatic N) is 4. The quantitative estimate of drug-likeness (QED) is 0.880. The Kier molecular flexibility index (Phi) is 2.86. The van der Waals surface area contributed by atoms with Crippen LogP contribution in [0.1, 0.15) is 32.4 Å². The van der Waals surface area contributed by atoms with Gasteiger partial charge in [0.2, 0.25) is 11.5 Å². The highest BCUT2D eigenvalue weighted by Gasteiger charge is 2.19. The number of aromatic nitrogens is 4. The molecule has 0 aliphatic rings. The van der Waals surface area contributed by atoms with Crippen LogP contribution in [0, 0.1) is 0 Å². The molecule has 0 unspecified atom stereocenters. The van der Waals surface area contributed by atoms with Crippen LogP contribution in [0.3, 0.4) is 0 Å². The number of hydrogen-bond donors (Lipinski definition) is 1. The van der Waals surface area contributed by atoms with E-state index < -0.39 is 0 Å². The molecule has 0 saturated carbocycles. The molecule has 2 rings (SSSR count). The van der Waals surface area contributed by atoms with Crippen molar-refractivity contribution in [3.8, 4) is 0 Å². The molecule has 0 radical (unpaired) electrons. The number of rotatable bonds is 3. The summed E-state index contributed by atoms with van der Waals surface area (Å²) in [5.74, 6) is 1.45. The molecular formula is C9H13N5OS. The molecule has 0 bridgehead atoms. The molecule has 0 saturated heterocycles. The summed E-state index contributed by atoms with van der Waals surface area (Å²) in [4.78, 5) is 8.29. The molecule has 0 spiro atoms. The largest absolute Gasteiger partial charge is 0.353 e. The van der Waals surface area contributed by atoms with E-state index in [4.69, 9.17) is 0 Å². The zero-order valence-corrected chi connectivity index (χ0v) is 10.2. The van der Waals surface area contributed by atoms with Gasteiger partial charge in [0.1, 0.15) is 5.82 Å². The molecule has 86 valence electrons. The Hall–Kier alpha value is -1.50. The second kappa shape index (κ2) is 4.17. The van der Waals surface area contributed by atoms with Crippen molar-refractivity contribution < 1.29 is 4.52 Å². The summed E-state index contributed by atoms with van der Waals surface area (Å²) in [6, 6.07) is 0. The maximum Gasteiger partial charge on any atom is 0.213 e. The van der Waals surface area contributed by atoms with Crippen LogP contribution in [0.5, 0.6) is 0 Å². The van der Waals surface area contributed by atoms with Crippen molar-refractivity contribution in [2.75, 3.05) is 5.32 Å². The molecule has 0 aliphatic carbocycles. The second-order valence-corrected chi connectivity index (χ2v) is 5.13. The lowest BCUT2D eigenvalue weighted by Gasteiger charge is -2.12. The topological polar surface area (TPSA) is 76.7 Å². The van der Waals surface area contributed by atoms with Gasteiger partial charge in [0, 0.05) is 16.9 Å². The molecule has 0 atom stereocenters. The van der Waals surface area contributed by atoms with Gasteiger partial charge in [0.05, 0.1) is 6.54 Å². The van der Waals surface area contributed by atoms with E-state index in [-0.39, 0.29) is 5.41 Å². The first-order valence-corrected chi connectivity index (χ1v) is 5.66. The molecule has 0 aromatic carbocycles. The van der Waals surface area contributed by atoms with Gasteiger partial charge in [-0.15, -0.1) is 0 Å². The zero-order chi connectivity index (χ0) is 11.6. The van der Waals surface area contributed by atoms with Crippen molar-refractivity contribution in [2.45, 2.75) is 32.7 Å². The first-order chi connectivity index (χ1) is 7.55. The highest BCUT2D eigenvalue weighted by Crippen LogP contribution is 2.22. The summed E-state index contributed by atoms with van der Waals surface area (Å²) < 4.78 is 8.92. The van der Waals surface area contributed by atoms with E-state index in [2.05, 4.69) is 50.1 Å². The van der Waals surface area contributed by atoms with E-state index in [0.717, 1.165) is 11.0 Å². The van der Waals surface area contributed by atoms with Gasteiger partial charge in [-0.1, -0.05) is 25.9 Å². The third-order valence-electron chi connectivity index (χ3n) is 1.90. The Morgan fingerprint density at radius 2 is 2.25 bits per heavy atom. The molecular weight excluding hydrogens is 226 g/mol. The van der Waals surface area contributed by atoms with Gasteiger partial charge in [-0.2, -0.15) is 9.36 Å². The minimum atomic E-state index is -0.0252. The van der Waals surface area contributed by atoms with Crippen LogP contribution in [0.2, 0.25) is 0 Å². The lowest BCUT2D eigenvalue weighted by atomic mass is 9.96. The predicted octanol–water partition coefficient (Wildman–Crippen LogP) is 1.83. The molecule has 16 heavy (non-hydrogen) atoms. The van der Waals surface area contributed by atoms with Crippen LogP contribution in [-0.4, -0.2) is 19.5 Å². The monoisotopic (exact) mass is 239 g/mol. The standard InChI is InChI=1S/C9H13N5OS/c1-9(2,3)7-12-8(16-14-7)10-4-6-11-5-15-13-6/h5H,4H2,1-3H3,(H,10,12,14). The maximum absolute atomic E-state index is 4.63. The third-order valence-corrected chi connectivity index (χ3v) is 2.57. The average Bonchev–Trinajstić information content (AvgIpc) is 2.85. The second-order valence-electron chi connectivity index (χ2n) is 4.37. The van der Waals surface area contributed by atoms with Crippen LogP contribution >= 0.6 is 11.5 Å². The van der Waals surface area contributed by atoms with Crippen LogP contribution in [0.4, 0.5) is 5.13 Å². The summed E-state index contributed by atoms with van der Waals surface area (Å²) in [6.45, 7) is 6.74. The van der Waals surface area contributed by atoms with E-state index in [9.17, 15) is 0 Å². The summed E-state index contributed by atoms with van der Waals surface area (Å²) in [5.41, 5.74) is -0.0252. The van der Waals surface area contributed by atoms with Crippen LogP contribution in [-0.2, 0) is 12.0 Å². The predicted molar refractivity (Wildman–Crippen MR) is 60.2 cm³/mol. The number of hydrogen-bond acceptors (Lipinski definition) is 7. The lowest BCUT2D eigenvalue weighted by molar-refractivity contribution is 0.411. The van der Waals surface area contributed by atoms with E-state index in [1.54, 1.807) is 0 Å². The SMILES string of the molecule is CC(C)(C)c1nsc(NCc2ncon2)n1. The van der Waals surface area contributed by atoms with Crippen molar-refractivity contribution >= 4 is 16.7 Å². The zero-order valence-electron chi connectivity index (χ0n) is 9.39. The Labute approximate surface area is 97.3 Å². The van der Waals surface area contributed by atoms with Crippen molar-refractivity contribution in [3.63, 3.8) is 0 Å². The van der Waals surface area contributed by atoms with E-state index >= 15 is 0 Å². The fourth-order valence-corrected chi connectivity index (χ4v) is 1.78. The minimum absolute atomic E-state index is 0.0252. The number of nitrogens with one attached hydrogen (secondary N) is 1. The minimum Gasteiger partial charge on any atom is -0.353 e. The van der Waals surface area contributed by atoms with Crippen molar-refractivity contribution in [1.82, 2.24) is 19.5 Å². The van der Waals surface area contributed by atoms with Gasteiger partial charge < -0.3 is 9.84 Å². The first kappa shape index (κ1) is 11.0. The van der Waals surface area contributed by atoms with E-state index in [1.807, 2.05) is 0 Å². The van der Waals surface area contributed by atoms with Gasteiger partial charge in [-0.05, 0) is 0 Å². The number of anilines is 1. The van der Waals surface area contributed by atoms with E-state index in [1.165, 1.54) is 17.9 Å². The maximum atomic E-state index is 4.63. The highest BCUT2D eigenvalue weighted by molar-refractivity contribution is 7.09. The van der Waals surface area contributed by atoms with E-state index in [0.29, 0.717) is 12.4 Å². The van der Waals surface area contributed by atoms with Crippen molar-refractivity contribution in [1.29, 1.82) is 0 Å². The average molecular weight is 239 g/mol. The fourth-order valence-electron chi connectivity index (χ4n) is 1.02. The van der Waals surface area contributed by atoms with Crippen LogP contribution in [0.25, 0.3) is 0 Å². The van der Waals surface area contributed by atoms with Gasteiger partial charge in [0.15, 0.2) is 5.82 Å². The van der Waals surface area contributed by atoms with Gasteiger partial charge in [-0.3, -0.25) is 0 Å². The molecule has 0 amide bonds. The molecule has 1 N–H and O–H groups in total. The molecule has 7 heteroatoms. The van der Waals surface area contributed by atoms with Gasteiger partial charge >= 0.3 is 0 Å². The Balaban J connectivity index is 1.98. The van der Waals surface area contributed by atoms with Gasteiger partial charge in [0.25, 0.3) is 0 Å². The van der Waals surface area contributed by atoms with Crippen LogP contribution in [0.15, 0.2) is 10.9 Å². The Bertz CT molecular complexity index is 445. The Morgan fingerprint density at radius 1 is 1.44 bits per heavy atom. The molecule has 6 nitrogen and oxygen atoms in total. The normalized spacial score (nSPS) is 11.7.